The van der Waals surface area contributed by atoms with Gasteiger partial charge in [0.05, 0.1) is 4.92 Å². The van der Waals surface area contributed by atoms with E-state index in [0.717, 1.165) is 11.6 Å². The van der Waals surface area contributed by atoms with Gasteiger partial charge in [-0.25, -0.2) is 13.1 Å². The van der Waals surface area contributed by atoms with Crippen molar-refractivity contribution in [1.29, 1.82) is 0 Å². The lowest BCUT2D eigenvalue weighted by atomic mass is 10.2. The molecular formula is C15H14Cl2N2O4S2. The Balaban J connectivity index is 1.92. The van der Waals surface area contributed by atoms with Gasteiger partial charge in [0.1, 0.15) is 0 Å². The molecule has 0 bridgehead atoms. The first kappa shape index (κ1) is 20.0. The Morgan fingerprint density at radius 3 is 2.36 bits per heavy atom. The van der Waals surface area contributed by atoms with Crippen LogP contribution in [0.4, 0.5) is 5.69 Å². The molecule has 0 fully saturated rings. The third-order valence-electron chi connectivity index (χ3n) is 3.20. The summed E-state index contributed by atoms with van der Waals surface area (Å²) < 4.78 is 26.8. The molecule has 0 aliphatic carbocycles. The van der Waals surface area contributed by atoms with Gasteiger partial charge in [0.15, 0.2) is 4.90 Å². The van der Waals surface area contributed by atoms with Crippen molar-refractivity contribution in [3.8, 4) is 0 Å². The van der Waals surface area contributed by atoms with Gasteiger partial charge in [0, 0.05) is 34.2 Å². The minimum Gasteiger partial charge on any atom is -0.258 e. The van der Waals surface area contributed by atoms with Crippen molar-refractivity contribution in [3.63, 3.8) is 0 Å². The van der Waals surface area contributed by atoms with Crippen molar-refractivity contribution in [2.24, 2.45) is 0 Å². The number of hydrogen-bond acceptors (Lipinski definition) is 5. The van der Waals surface area contributed by atoms with Gasteiger partial charge in [0.2, 0.25) is 10.0 Å². The highest BCUT2D eigenvalue weighted by atomic mass is 35.5. The number of halogens is 2. The molecule has 0 saturated heterocycles. The molecule has 2 aromatic carbocycles. The van der Waals surface area contributed by atoms with Gasteiger partial charge in [-0.3, -0.25) is 10.1 Å². The first-order chi connectivity index (χ1) is 11.8. The molecule has 0 heterocycles. The van der Waals surface area contributed by atoms with E-state index in [-0.39, 0.29) is 11.4 Å². The second kappa shape index (κ2) is 8.86. The number of thioether (sulfide) groups is 1. The average molecular weight is 421 g/mol. The van der Waals surface area contributed by atoms with Crippen LogP contribution in [0.3, 0.4) is 0 Å². The Morgan fingerprint density at radius 2 is 1.72 bits per heavy atom. The third-order valence-corrected chi connectivity index (χ3v) is 6.40. The molecule has 10 heteroatoms. The van der Waals surface area contributed by atoms with Crippen LogP contribution in [0.15, 0.2) is 47.4 Å². The van der Waals surface area contributed by atoms with Crippen molar-refractivity contribution in [3.05, 3.63) is 68.2 Å². The Hall–Kier alpha value is -1.32. The molecule has 0 spiro atoms. The summed E-state index contributed by atoms with van der Waals surface area (Å²) in [5, 5.41) is 12.1. The third kappa shape index (κ3) is 5.32. The van der Waals surface area contributed by atoms with Crippen molar-refractivity contribution in [2.45, 2.75) is 10.6 Å². The average Bonchev–Trinajstić information content (AvgIpc) is 2.57. The second-order valence-corrected chi connectivity index (χ2v) is 8.53. The zero-order chi connectivity index (χ0) is 18.4. The predicted octanol–water partition coefficient (Wildman–Crippen LogP) is 4.11. The summed E-state index contributed by atoms with van der Waals surface area (Å²) in [7, 11) is -3.95. The van der Waals surface area contributed by atoms with Gasteiger partial charge in [-0.05, 0) is 23.8 Å². The molecule has 134 valence electrons. The molecular weight excluding hydrogens is 407 g/mol. The molecule has 1 N–H and O–H groups in total. The number of benzene rings is 2. The molecule has 0 atom stereocenters. The maximum atomic E-state index is 12.2. The summed E-state index contributed by atoms with van der Waals surface area (Å²) in [6.07, 6.45) is 0. The van der Waals surface area contributed by atoms with Crippen LogP contribution in [-0.4, -0.2) is 25.6 Å². The Kier molecular flexibility index (Phi) is 7.09. The predicted molar refractivity (Wildman–Crippen MR) is 101 cm³/mol. The number of para-hydroxylation sites is 1. The van der Waals surface area contributed by atoms with Crippen LogP contribution in [0.5, 0.6) is 0 Å². The van der Waals surface area contributed by atoms with Crippen LogP contribution in [0.1, 0.15) is 5.56 Å². The molecule has 0 amide bonds. The Morgan fingerprint density at radius 1 is 1.08 bits per heavy atom. The molecule has 25 heavy (non-hydrogen) atoms. The van der Waals surface area contributed by atoms with Crippen LogP contribution < -0.4 is 4.72 Å². The van der Waals surface area contributed by atoms with E-state index in [1.807, 2.05) is 0 Å². The largest absolute Gasteiger partial charge is 0.289 e. The molecule has 0 aromatic heterocycles. The van der Waals surface area contributed by atoms with Crippen LogP contribution in [0.2, 0.25) is 10.0 Å². The lowest BCUT2D eigenvalue weighted by Crippen LogP contribution is -2.26. The first-order valence-corrected chi connectivity index (χ1v) is 10.5. The fourth-order valence-corrected chi connectivity index (χ4v) is 4.93. The van der Waals surface area contributed by atoms with E-state index in [0.29, 0.717) is 21.6 Å². The summed E-state index contributed by atoms with van der Waals surface area (Å²) in [5.74, 6) is 0.993. The number of nitro benzene ring substituents is 1. The van der Waals surface area contributed by atoms with Crippen LogP contribution in [0.25, 0.3) is 0 Å². The highest BCUT2D eigenvalue weighted by Crippen LogP contribution is 2.28. The lowest BCUT2D eigenvalue weighted by Gasteiger charge is -2.08. The van der Waals surface area contributed by atoms with Gasteiger partial charge >= 0.3 is 0 Å². The Labute approximate surface area is 159 Å². The van der Waals surface area contributed by atoms with E-state index in [1.165, 1.54) is 30.0 Å². The minimum atomic E-state index is -3.95. The highest BCUT2D eigenvalue weighted by molar-refractivity contribution is 7.98. The van der Waals surface area contributed by atoms with E-state index in [4.69, 9.17) is 23.2 Å². The summed E-state index contributed by atoms with van der Waals surface area (Å²) in [6, 6.07) is 10.4. The van der Waals surface area contributed by atoms with Gasteiger partial charge < -0.3 is 0 Å². The minimum absolute atomic E-state index is 0.126. The first-order valence-electron chi connectivity index (χ1n) is 7.06. The normalized spacial score (nSPS) is 11.4. The maximum Gasteiger partial charge on any atom is 0.289 e. The van der Waals surface area contributed by atoms with Crippen molar-refractivity contribution in [1.82, 2.24) is 4.72 Å². The number of nitrogens with zero attached hydrogens (tertiary/aromatic N) is 1. The monoisotopic (exact) mass is 420 g/mol. The van der Waals surface area contributed by atoms with Crippen LogP contribution in [0, 0.1) is 10.1 Å². The fourth-order valence-electron chi connectivity index (χ4n) is 2.01. The number of sulfonamides is 1. The number of nitrogens with one attached hydrogen (secondary N) is 1. The van der Waals surface area contributed by atoms with Crippen molar-refractivity contribution < 1.29 is 13.3 Å². The molecule has 6 nitrogen and oxygen atoms in total. The summed E-state index contributed by atoms with van der Waals surface area (Å²) >= 11 is 13.6. The molecule has 2 aromatic rings. The number of nitro groups is 1. The van der Waals surface area contributed by atoms with Crippen molar-refractivity contribution in [2.75, 3.05) is 12.3 Å². The zero-order valence-corrected chi connectivity index (χ0v) is 16.0. The maximum absolute atomic E-state index is 12.2. The van der Waals surface area contributed by atoms with E-state index < -0.39 is 20.6 Å². The van der Waals surface area contributed by atoms with Crippen LogP contribution in [-0.2, 0) is 15.8 Å². The highest BCUT2D eigenvalue weighted by Gasteiger charge is 2.24. The van der Waals surface area contributed by atoms with E-state index in [1.54, 1.807) is 18.2 Å². The fraction of sp³-hybridized carbons (Fsp3) is 0.200. The topological polar surface area (TPSA) is 89.3 Å². The molecule has 0 aliphatic rings. The van der Waals surface area contributed by atoms with Crippen LogP contribution >= 0.6 is 35.0 Å². The van der Waals surface area contributed by atoms with E-state index in [9.17, 15) is 18.5 Å². The standard InChI is InChI=1S/C15H14Cl2N2O4S2/c16-12-4-3-5-13(17)11(12)10-24-9-8-18-25(22,23)15-7-2-1-6-14(15)19(20)21/h1-7,18H,8-10H2. The smallest absolute Gasteiger partial charge is 0.258 e. The molecule has 0 aliphatic heterocycles. The van der Waals surface area contributed by atoms with E-state index >= 15 is 0 Å². The van der Waals surface area contributed by atoms with Gasteiger partial charge in [-0.1, -0.05) is 41.4 Å². The molecule has 0 saturated carbocycles. The van der Waals surface area contributed by atoms with E-state index in [2.05, 4.69) is 4.72 Å². The SMILES string of the molecule is O=[N+]([O-])c1ccccc1S(=O)(=O)NCCSCc1c(Cl)cccc1Cl. The molecule has 2 rings (SSSR count). The second-order valence-electron chi connectivity index (χ2n) is 4.88. The van der Waals surface area contributed by atoms with Gasteiger partial charge in [-0.2, -0.15) is 11.8 Å². The molecule has 0 unspecified atom stereocenters. The van der Waals surface area contributed by atoms with Crippen molar-refractivity contribution >= 4 is 50.7 Å². The summed E-state index contributed by atoms with van der Waals surface area (Å²) in [5.41, 5.74) is 0.336. The number of rotatable bonds is 8. The van der Waals surface area contributed by atoms with Gasteiger partial charge in [-0.15, -0.1) is 0 Å². The summed E-state index contributed by atoms with van der Waals surface area (Å²) in [4.78, 5) is 9.88. The van der Waals surface area contributed by atoms with Gasteiger partial charge in [0.25, 0.3) is 5.69 Å². The summed E-state index contributed by atoms with van der Waals surface area (Å²) in [6.45, 7) is 0.126. The lowest BCUT2D eigenvalue weighted by molar-refractivity contribution is -0.387. The zero-order valence-electron chi connectivity index (χ0n) is 12.8. The molecule has 0 radical (unpaired) electrons. The number of hydrogen-bond donors (Lipinski definition) is 1. The Bertz CT molecular complexity index is 855. The quantitative estimate of drug-likeness (QED) is 0.394.